The number of nitrogens with zero attached hydrogens (tertiary/aromatic N) is 1. The number of likely N-dealkylation sites (N-methyl/N-ethyl adjacent to an activating group) is 2. The molecule has 0 aliphatic carbocycles. The molecule has 1 aliphatic heterocycles. The van der Waals surface area contributed by atoms with Crippen molar-refractivity contribution in [3.05, 3.63) is 0 Å². The van der Waals surface area contributed by atoms with Crippen molar-refractivity contribution < 1.29 is 14.3 Å². The molecule has 1 aliphatic rings. The van der Waals surface area contributed by atoms with Crippen molar-refractivity contribution in [3.8, 4) is 0 Å². The molecule has 86 valence electrons. The lowest BCUT2D eigenvalue weighted by Crippen LogP contribution is -2.46. The average molecular weight is 215 g/mol. The van der Waals surface area contributed by atoms with Crippen LogP contribution < -0.4 is 10.6 Å². The van der Waals surface area contributed by atoms with E-state index in [0.717, 1.165) is 6.42 Å². The minimum Gasteiger partial charge on any atom is -0.379 e. The summed E-state index contributed by atoms with van der Waals surface area (Å²) in [6.45, 7) is 1.31. The maximum absolute atomic E-state index is 11.5. The zero-order chi connectivity index (χ0) is 11.3. The Morgan fingerprint density at radius 2 is 2.27 bits per heavy atom. The van der Waals surface area contributed by atoms with Crippen LogP contribution in [0, 0.1) is 0 Å². The second kappa shape index (κ2) is 5.55. The Labute approximate surface area is 88.9 Å². The molecule has 6 heteroatoms. The molecule has 1 fully saturated rings. The highest BCUT2D eigenvalue weighted by atomic mass is 16.5. The van der Waals surface area contributed by atoms with Crippen LogP contribution in [0.3, 0.4) is 0 Å². The van der Waals surface area contributed by atoms with Crippen molar-refractivity contribution in [3.63, 3.8) is 0 Å². The number of hydrogen-bond donors (Lipinski definition) is 2. The van der Waals surface area contributed by atoms with Crippen LogP contribution in [0.5, 0.6) is 0 Å². The van der Waals surface area contributed by atoms with Gasteiger partial charge in [-0.15, -0.1) is 0 Å². The Morgan fingerprint density at radius 1 is 1.53 bits per heavy atom. The van der Waals surface area contributed by atoms with Crippen molar-refractivity contribution in [1.29, 1.82) is 0 Å². The normalized spacial score (nSPS) is 19.7. The van der Waals surface area contributed by atoms with Crippen LogP contribution in [0.25, 0.3) is 0 Å². The molecule has 1 heterocycles. The fraction of sp³-hybridized carbons (Fsp3) is 0.778. The number of hydrogen-bond acceptors (Lipinski definition) is 3. The number of carbonyl (C=O) groups excluding carboxylic acids is 2. The standard InChI is InChI=1S/C9H17N3O3/c1-10-8(13)5-12(2)9(14)11-7-3-4-15-6-7/h7H,3-6H2,1-2H3,(H,10,13)(H,11,14). The van der Waals surface area contributed by atoms with Crippen LogP contribution in [0.15, 0.2) is 0 Å². The summed E-state index contributed by atoms with van der Waals surface area (Å²) in [5.74, 6) is -0.185. The van der Waals surface area contributed by atoms with Crippen molar-refractivity contribution >= 4 is 11.9 Å². The van der Waals surface area contributed by atoms with Crippen LogP contribution in [-0.4, -0.2) is 56.7 Å². The maximum Gasteiger partial charge on any atom is 0.317 e. The number of ether oxygens (including phenoxy) is 1. The van der Waals surface area contributed by atoms with E-state index in [2.05, 4.69) is 10.6 Å². The molecule has 1 atom stereocenters. The molecule has 1 rings (SSSR count). The quantitative estimate of drug-likeness (QED) is 0.645. The van der Waals surface area contributed by atoms with Crippen molar-refractivity contribution in [2.45, 2.75) is 12.5 Å². The first kappa shape index (κ1) is 11.8. The summed E-state index contributed by atoms with van der Waals surface area (Å²) in [6.07, 6.45) is 0.833. The van der Waals surface area contributed by atoms with Gasteiger partial charge >= 0.3 is 6.03 Å². The van der Waals surface area contributed by atoms with E-state index in [0.29, 0.717) is 13.2 Å². The van der Waals surface area contributed by atoms with E-state index in [1.165, 1.54) is 4.90 Å². The number of amides is 3. The van der Waals surface area contributed by atoms with Crippen LogP contribution in [0.1, 0.15) is 6.42 Å². The Kier molecular flexibility index (Phi) is 4.36. The second-order valence-corrected chi connectivity index (χ2v) is 3.54. The number of urea groups is 1. The number of carbonyl (C=O) groups is 2. The van der Waals surface area contributed by atoms with Gasteiger partial charge in [-0.05, 0) is 6.42 Å². The molecule has 1 unspecified atom stereocenters. The average Bonchev–Trinajstić information content (AvgIpc) is 2.70. The first-order chi connectivity index (χ1) is 7.13. The molecule has 3 amide bonds. The molecule has 0 radical (unpaired) electrons. The molecule has 2 N–H and O–H groups in total. The fourth-order valence-electron chi connectivity index (χ4n) is 1.30. The molecule has 0 bridgehead atoms. The molecular weight excluding hydrogens is 198 g/mol. The molecule has 0 aromatic carbocycles. The third-order valence-electron chi connectivity index (χ3n) is 2.26. The van der Waals surface area contributed by atoms with Gasteiger partial charge in [-0.3, -0.25) is 4.79 Å². The summed E-state index contributed by atoms with van der Waals surface area (Å²) in [4.78, 5) is 23.9. The fourth-order valence-corrected chi connectivity index (χ4v) is 1.30. The first-order valence-corrected chi connectivity index (χ1v) is 4.93. The van der Waals surface area contributed by atoms with E-state index in [1.54, 1.807) is 14.1 Å². The van der Waals surface area contributed by atoms with E-state index < -0.39 is 0 Å². The topological polar surface area (TPSA) is 70.7 Å². The zero-order valence-electron chi connectivity index (χ0n) is 9.08. The molecule has 6 nitrogen and oxygen atoms in total. The van der Waals surface area contributed by atoms with Gasteiger partial charge in [-0.1, -0.05) is 0 Å². The van der Waals surface area contributed by atoms with Crippen LogP contribution >= 0.6 is 0 Å². The monoisotopic (exact) mass is 215 g/mol. The largest absolute Gasteiger partial charge is 0.379 e. The predicted molar refractivity (Wildman–Crippen MR) is 54.5 cm³/mol. The van der Waals surface area contributed by atoms with Crippen LogP contribution in [0.2, 0.25) is 0 Å². The molecule has 0 aromatic rings. The molecule has 15 heavy (non-hydrogen) atoms. The summed E-state index contributed by atoms with van der Waals surface area (Å²) in [7, 11) is 3.12. The summed E-state index contributed by atoms with van der Waals surface area (Å²) in [5, 5.41) is 5.25. The van der Waals surface area contributed by atoms with Gasteiger partial charge in [0.1, 0.15) is 6.54 Å². The smallest absolute Gasteiger partial charge is 0.317 e. The van der Waals surface area contributed by atoms with Gasteiger partial charge in [0.15, 0.2) is 0 Å². The highest BCUT2D eigenvalue weighted by Gasteiger charge is 2.20. The van der Waals surface area contributed by atoms with Gasteiger partial charge in [0.05, 0.1) is 12.6 Å². The molecule has 1 saturated heterocycles. The van der Waals surface area contributed by atoms with Crippen LogP contribution in [0.4, 0.5) is 4.79 Å². The summed E-state index contributed by atoms with van der Waals surface area (Å²) in [6, 6.07) is -0.168. The van der Waals surface area contributed by atoms with Gasteiger partial charge in [0.25, 0.3) is 0 Å². The Balaban J connectivity index is 2.28. The minimum absolute atomic E-state index is 0.0654. The third-order valence-corrected chi connectivity index (χ3v) is 2.26. The maximum atomic E-state index is 11.5. The highest BCUT2D eigenvalue weighted by molar-refractivity contribution is 5.83. The minimum atomic E-state index is -0.242. The van der Waals surface area contributed by atoms with E-state index in [-0.39, 0.29) is 24.5 Å². The van der Waals surface area contributed by atoms with Gasteiger partial charge in [0, 0.05) is 20.7 Å². The number of nitrogens with one attached hydrogen (secondary N) is 2. The van der Waals surface area contributed by atoms with E-state index in [4.69, 9.17) is 4.74 Å². The Hall–Kier alpha value is -1.30. The van der Waals surface area contributed by atoms with Crippen molar-refractivity contribution in [2.75, 3.05) is 33.9 Å². The number of rotatable bonds is 3. The predicted octanol–water partition coefficient (Wildman–Crippen LogP) is -0.837. The Bertz CT molecular complexity index is 239. The van der Waals surface area contributed by atoms with Crippen LogP contribution in [-0.2, 0) is 9.53 Å². The second-order valence-electron chi connectivity index (χ2n) is 3.54. The van der Waals surface area contributed by atoms with Gasteiger partial charge < -0.3 is 20.3 Å². The molecule has 0 saturated carbocycles. The highest BCUT2D eigenvalue weighted by Crippen LogP contribution is 2.03. The lowest BCUT2D eigenvalue weighted by molar-refractivity contribution is -0.120. The van der Waals surface area contributed by atoms with Gasteiger partial charge in [0.2, 0.25) is 5.91 Å². The Morgan fingerprint density at radius 3 is 2.80 bits per heavy atom. The summed E-state index contributed by atoms with van der Waals surface area (Å²) in [5.41, 5.74) is 0. The molecule has 0 aromatic heterocycles. The summed E-state index contributed by atoms with van der Waals surface area (Å²) < 4.78 is 5.13. The lowest BCUT2D eigenvalue weighted by Gasteiger charge is -2.19. The lowest BCUT2D eigenvalue weighted by atomic mass is 10.3. The summed E-state index contributed by atoms with van der Waals surface area (Å²) >= 11 is 0. The van der Waals surface area contributed by atoms with E-state index in [9.17, 15) is 9.59 Å². The molecular formula is C9H17N3O3. The van der Waals surface area contributed by atoms with Gasteiger partial charge in [-0.2, -0.15) is 0 Å². The SMILES string of the molecule is CNC(=O)CN(C)C(=O)NC1CCOC1. The first-order valence-electron chi connectivity index (χ1n) is 4.93. The molecule has 0 spiro atoms. The zero-order valence-corrected chi connectivity index (χ0v) is 9.08. The van der Waals surface area contributed by atoms with Crippen molar-refractivity contribution in [1.82, 2.24) is 15.5 Å². The van der Waals surface area contributed by atoms with E-state index in [1.807, 2.05) is 0 Å². The van der Waals surface area contributed by atoms with Gasteiger partial charge in [-0.25, -0.2) is 4.79 Å². The third kappa shape index (κ3) is 3.75. The van der Waals surface area contributed by atoms with E-state index >= 15 is 0 Å². The van der Waals surface area contributed by atoms with Crippen molar-refractivity contribution in [2.24, 2.45) is 0 Å².